The highest BCUT2D eigenvalue weighted by molar-refractivity contribution is 7.89. The van der Waals surface area contributed by atoms with Crippen molar-refractivity contribution in [3.05, 3.63) is 59.2 Å². The molecule has 1 amide bonds. The molecule has 0 spiro atoms. The van der Waals surface area contributed by atoms with Crippen molar-refractivity contribution in [2.24, 2.45) is 0 Å². The molecule has 0 unspecified atom stereocenters. The molecule has 12 heteroatoms. The van der Waals surface area contributed by atoms with E-state index in [0.29, 0.717) is 30.3 Å². The molecule has 0 saturated carbocycles. The van der Waals surface area contributed by atoms with E-state index in [1.165, 1.54) is 39.3 Å². The van der Waals surface area contributed by atoms with Crippen LogP contribution in [0.25, 0.3) is 5.69 Å². The maximum Gasteiger partial charge on any atom is 0.255 e. The monoisotopic (exact) mass is 460 g/mol. The number of morpholine rings is 1. The van der Waals surface area contributed by atoms with Crippen molar-refractivity contribution < 1.29 is 22.3 Å². The molecule has 1 aliphatic rings. The van der Waals surface area contributed by atoms with Crippen LogP contribution in [0.2, 0.25) is 0 Å². The first-order valence-corrected chi connectivity index (χ1v) is 11.3. The van der Waals surface area contributed by atoms with Crippen molar-refractivity contribution in [3.8, 4) is 5.69 Å². The molecule has 2 aromatic carbocycles. The summed E-state index contributed by atoms with van der Waals surface area (Å²) < 4.78 is 48.4. The fraction of sp³-hybridized carbons (Fsp3) is 0.300. The number of aryl methyl sites for hydroxylation is 2. The lowest BCUT2D eigenvalue weighted by Gasteiger charge is -2.26. The number of hydrogen-bond acceptors (Lipinski definition) is 7. The fourth-order valence-corrected chi connectivity index (χ4v) is 5.01. The smallest absolute Gasteiger partial charge is 0.255 e. The van der Waals surface area contributed by atoms with Crippen LogP contribution in [0.1, 0.15) is 21.7 Å². The predicted octanol–water partition coefficient (Wildman–Crippen LogP) is 1.69. The van der Waals surface area contributed by atoms with Gasteiger partial charge in [0.2, 0.25) is 10.0 Å². The first kappa shape index (κ1) is 22.0. The molecule has 1 aliphatic heterocycles. The number of sulfonamides is 1. The molecular formula is C20H21FN6O4S. The first-order valence-electron chi connectivity index (χ1n) is 9.82. The van der Waals surface area contributed by atoms with E-state index >= 15 is 0 Å². The third kappa shape index (κ3) is 4.24. The van der Waals surface area contributed by atoms with Crippen LogP contribution in [0.3, 0.4) is 0 Å². The Labute approximate surface area is 184 Å². The van der Waals surface area contributed by atoms with Crippen LogP contribution in [0.4, 0.5) is 10.1 Å². The van der Waals surface area contributed by atoms with Crippen LogP contribution < -0.4 is 5.32 Å². The van der Waals surface area contributed by atoms with Crippen LogP contribution in [0.5, 0.6) is 0 Å². The molecule has 3 aromatic rings. The van der Waals surface area contributed by atoms with Crippen LogP contribution >= 0.6 is 0 Å². The van der Waals surface area contributed by atoms with Gasteiger partial charge in [0.25, 0.3) is 5.91 Å². The zero-order valence-electron chi connectivity index (χ0n) is 17.4. The van der Waals surface area contributed by atoms with Gasteiger partial charge in [-0.3, -0.25) is 4.79 Å². The highest BCUT2D eigenvalue weighted by Crippen LogP contribution is 2.24. The average molecular weight is 460 g/mol. The van der Waals surface area contributed by atoms with Gasteiger partial charge in [0.05, 0.1) is 29.5 Å². The molecular weight excluding hydrogens is 439 g/mol. The first-order chi connectivity index (χ1) is 15.3. The number of carbonyl (C=O) groups is 1. The van der Waals surface area contributed by atoms with Crippen LogP contribution in [0, 0.1) is 19.7 Å². The summed E-state index contributed by atoms with van der Waals surface area (Å²) in [6, 6.07) is 8.43. The van der Waals surface area contributed by atoms with E-state index in [4.69, 9.17) is 4.74 Å². The third-order valence-electron chi connectivity index (χ3n) is 5.11. The van der Waals surface area contributed by atoms with E-state index in [-0.39, 0.29) is 29.2 Å². The van der Waals surface area contributed by atoms with Crippen molar-refractivity contribution >= 4 is 21.6 Å². The van der Waals surface area contributed by atoms with E-state index in [0.717, 1.165) is 0 Å². The molecule has 2 heterocycles. The summed E-state index contributed by atoms with van der Waals surface area (Å²) in [5.41, 5.74) is 0.977. The molecule has 1 fully saturated rings. The number of hydrogen-bond donors (Lipinski definition) is 1. The second-order valence-corrected chi connectivity index (χ2v) is 9.16. The molecule has 168 valence electrons. The second-order valence-electron chi connectivity index (χ2n) is 7.25. The van der Waals surface area contributed by atoms with E-state index in [9.17, 15) is 17.6 Å². The summed E-state index contributed by atoms with van der Waals surface area (Å²) in [6.45, 7) is 4.46. The molecule has 0 radical (unpaired) electrons. The maximum absolute atomic E-state index is 14.4. The Kier molecular flexibility index (Phi) is 6.00. The number of amides is 1. The predicted molar refractivity (Wildman–Crippen MR) is 113 cm³/mol. The minimum absolute atomic E-state index is 0.0330. The molecule has 1 aromatic heterocycles. The fourth-order valence-electron chi connectivity index (χ4n) is 3.35. The SMILES string of the molecule is Cc1ccc(C(=O)Nc2cc(-n3nnnc3C)ccc2F)cc1S(=O)(=O)N1CCOCC1. The van der Waals surface area contributed by atoms with Gasteiger partial charge in [-0.2, -0.15) is 8.99 Å². The Morgan fingerprint density at radius 3 is 2.56 bits per heavy atom. The number of carbonyl (C=O) groups excluding carboxylic acids is 1. The Balaban J connectivity index is 1.62. The van der Waals surface area contributed by atoms with Gasteiger partial charge >= 0.3 is 0 Å². The molecule has 1 N–H and O–H groups in total. The van der Waals surface area contributed by atoms with Gasteiger partial charge in [-0.05, 0) is 60.2 Å². The van der Waals surface area contributed by atoms with Gasteiger partial charge in [0.1, 0.15) is 5.82 Å². The number of nitrogens with one attached hydrogen (secondary N) is 1. The molecule has 4 rings (SSSR count). The lowest BCUT2D eigenvalue weighted by Crippen LogP contribution is -2.40. The summed E-state index contributed by atoms with van der Waals surface area (Å²) in [7, 11) is -3.80. The minimum atomic E-state index is -3.80. The third-order valence-corrected chi connectivity index (χ3v) is 7.15. The van der Waals surface area contributed by atoms with Crippen molar-refractivity contribution in [1.82, 2.24) is 24.5 Å². The summed E-state index contributed by atoms with van der Waals surface area (Å²) in [5.74, 6) is -0.806. The molecule has 0 aliphatic carbocycles. The number of ether oxygens (including phenoxy) is 1. The van der Waals surface area contributed by atoms with Gasteiger partial charge in [0.15, 0.2) is 5.82 Å². The second kappa shape index (κ2) is 8.73. The molecule has 1 saturated heterocycles. The van der Waals surface area contributed by atoms with Gasteiger partial charge in [-0.1, -0.05) is 6.07 Å². The maximum atomic E-state index is 14.4. The number of benzene rings is 2. The topological polar surface area (TPSA) is 119 Å². The zero-order valence-corrected chi connectivity index (χ0v) is 18.3. The van der Waals surface area contributed by atoms with E-state index < -0.39 is 21.7 Å². The van der Waals surface area contributed by atoms with Crippen LogP contribution in [-0.2, 0) is 14.8 Å². The number of tetrazole rings is 1. The zero-order chi connectivity index (χ0) is 22.9. The summed E-state index contributed by atoms with van der Waals surface area (Å²) in [4.78, 5) is 12.9. The molecule has 0 atom stereocenters. The van der Waals surface area contributed by atoms with Crippen molar-refractivity contribution in [2.75, 3.05) is 31.6 Å². The van der Waals surface area contributed by atoms with Crippen molar-refractivity contribution in [3.63, 3.8) is 0 Å². The number of halogens is 1. The van der Waals surface area contributed by atoms with Gasteiger partial charge in [0, 0.05) is 18.7 Å². The van der Waals surface area contributed by atoms with Crippen molar-refractivity contribution in [2.45, 2.75) is 18.7 Å². The summed E-state index contributed by atoms with van der Waals surface area (Å²) in [6.07, 6.45) is 0. The molecule has 10 nitrogen and oxygen atoms in total. The van der Waals surface area contributed by atoms with E-state index in [1.807, 2.05) is 0 Å². The normalized spacial score (nSPS) is 15.0. The van der Waals surface area contributed by atoms with E-state index in [1.54, 1.807) is 19.9 Å². The number of aromatic nitrogens is 4. The number of rotatable bonds is 5. The molecule has 32 heavy (non-hydrogen) atoms. The highest BCUT2D eigenvalue weighted by atomic mass is 32.2. The minimum Gasteiger partial charge on any atom is -0.379 e. The van der Waals surface area contributed by atoms with Crippen LogP contribution in [-0.4, -0.2) is 65.1 Å². The summed E-state index contributed by atoms with van der Waals surface area (Å²) in [5, 5.41) is 13.7. The Morgan fingerprint density at radius 1 is 1.12 bits per heavy atom. The summed E-state index contributed by atoms with van der Waals surface area (Å²) >= 11 is 0. The lowest BCUT2D eigenvalue weighted by atomic mass is 10.1. The standard InChI is InChI=1S/C20H21FN6O4S/c1-13-3-4-15(11-19(13)32(29,30)26-7-9-31-10-8-26)20(28)22-18-12-16(5-6-17(18)21)27-14(2)23-24-25-27/h3-6,11-12H,7-10H2,1-2H3,(H,22,28). The molecule has 0 bridgehead atoms. The Hall–Kier alpha value is -3.22. The number of nitrogens with zero attached hydrogens (tertiary/aromatic N) is 5. The highest BCUT2D eigenvalue weighted by Gasteiger charge is 2.28. The lowest BCUT2D eigenvalue weighted by molar-refractivity contribution is 0.0730. The average Bonchev–Trinajstić information content (AvgIpc) is 3.22. The quantitative estimate of drug-likeness (QED) is 0.615. The Morgan fingerprint density at radius 2 is 1.88 bits per heavy atom. The van der Waals surface area contributed by atoms with Gasteiger partial charge in [-0.15, -0.1) is 5.10 Å². The van der Waals surface area contributed by atoms with Gasteiger partial charge < -0.3 is 10.1 Å². The Bertz CT molecular complexity index is 1270. The van der Waals surface area contributed by atoms with Gasteiger partial charge in [-0.25, -0.2) is 12.8 Å². The largest absolute Gasteiger partial charge is 0.379 e. The van der Waals surface area contributed by atoms with E-state index in [2.05, 4.69) is 20.8 Å². The van der Waals surface area contributed by atoms with Crippen LogP contribution in [0.15, 0.2) is 41.3 Å². The number of anilines is 1. The van der Waals surface area contributed by atoms with Crippen molar-refractivity contribution in [1.29, 1.82) is 0 Å².